The van der Waals surface area contributed by atoms with Crippen molar-refractivity contribution in [2.24, 2.45) is 11.6 Å². The summed E-state index contributed by atoms with van der Waals surface area (Å²) in [6, 6.07) is 7.21. The summed E-state index contributed by atoms with van der Waals surface area (Å²) in [5, 5.41) is 0.334. The standard InChI is InChI=1S/C25H22F4N6O5/c1-24(30)10-39-20-13(24)7-15(32-18(20)11-3-5-12(26)6-4-11)14(25(27,28)29)9-35(31)22(36)16-8-17-19(21(33-16)38-2)34-23(37)40-17/h3-8,14H,9-10,30-31H2,1-2H3,(H,34,37). The highest BCUT2D eigenvalue weighted by Gasteiger charge is 2.45. The third kappa shape index (κ3) is 4.84. The maximum atomic E-state index is 14.5. The van der Waals surface area contributed by atoms with Crippen LogP contribution in [0.5, 0.6) is 11.6 Å². The van der Waals surface area contributed by atoms with Gasteiger partial charge in [0.1, 0.15) is 29.7 Å². The second-order valence-electron chi connectivity index (χ2n) is 9.44. The lowest BCUT2D eigenvalue weighted by Crippen LogP contribution is -2.44. The highest BCUT2D eigenvalue weighted by Crippen LogP contribution is 2.45. The molecule has 0 spiro atoms. The van der Waals surface area contributed by atoms with Crippen LogP contribution in [0.25, 0.3) is 22.4 Å². The number of nitrogens with one attached hydrogen (secondary N) is 1. The molecule has 5 rings (SSSR count). The molecule has 3 aromatic heterocycles. The molecule has 0 saturated heterocycles. The number of fused-ring (bicyclic) bond motifs is 2. The minimum absolute atomic E-state index is 0.0227. The first-order valence-corrected chi connectivity index (χ1v) is 11.7. The summed E-state index contributed by atoms with van der Waals surface area (Å²) in [6.45, 7) is 0.510. The monoisotopic (exact) mass is 562 g/mol. The molecule has 0 fully saturated rings. The van der Waals surface area contributed by atoms with E-state index >= 15 is 0 Å². The number of hydrogen-bond acceptors (Lipinski definition) is 9. The number of halogens is 4. The average Bonchev–Trinajstić information content (AvgIpc) is 3.43. The van der Waals surface area contributed by atoms with Crippen LogP contribution >= 0.6 is 0 Å². The number of nitrogens with zero attached hydrogens (tertiary/aromatic N) is 3. The predicted octanol–water partition coefficient (Wildman–Crippen LogP) is 2.95. The number of pyridine rings is 2. The Labute approximate surface area is 222 Å². The Balaban J connectivity index is 1.55. The van der Waals surface area contributed by atoms with Crippen LogP contribution in [0.2, 0.25) is 0 Å². The van der Waals surface area contributed by atoms with E-state index in [4.69, 9.17) is 25.5 Å². The zero-order valence-electron chi connectivity index (χ0n) is 21.0. The first-order chi connectivity index (χ1) is 18.8. The van der Waals surface area contributed by atoms with E-state index in [0.29, 0.717) is 10.6 Å². The molecule has 1 aliphatic rings. The number of methoxy groups -OCH3 is 1. The lowest BCUT2D eigenvalue weighted by atomic mass is 9.91. The molecular weight excluding hydrogens is 540 g/mol. The molecule has 2 unspecified atom stereocenters. The number of nitrogens with two attached hydrogens (primary N) is 2. The van der Waals surface area contributed by atoms with Crippen molar-refractivity contribution in [1.29, 1.82) is 0 Å². The van der Waals surface area contributed by atoms with Gasteiger partial charge in [-0.05, 0) is 37.3 Å². The molecule has 15 heteroatoms. The van der Waals surface area contributed by atoms with Crippen molar-refractivity contribution in [2.75, 3.05) is 20.3 Å². The normalized spacial score (nSPS) is 17.4. The van der Waals surface area contributed by atoms with Crippen LogP contribution in [0.15, 0.2) is 45.6 Å². The summed E-state index contributed by atoms with van der Waals surface area (Å²) < 4.78 is 72.6. The largest absolute Gasteiger partial charge is 0.489 e. The van der Waals surface area contributed by atoms with Gasteiger partial charge in [0.05, 0.1) is 24.9 Å². The number of carbonyl (C=O) groups is 1. The summed E-state index contributed by atoms with van der Waals surface area (Å²) in [5.41, 5.74) is 4.81. The van der Waals surface area contributed by atoms with E-state index in [1.807, 2.05) is 0 Å². The lowest BCUT2D eigenvalue weighted by Gasteiger charge is -2.26. The van der Waals surface area contributed by atoms with Crippen LogP contribution in [0, 0.1) is 5.82 Å². The van der Waals surface area contributed by atoms with Crippen molar-refractivity contribution >= 4 is 17.0 Å². The van der Waals surface area contributed by atoms with Crippen molar-refractivity contribution < 1.29 is 36.2 Å². The second kappa shape index (κ2) is 9.60. The number of hydrazine groups is 1. The van der Waals surface area contributed by atoms with Crippen molar-refractivity contribution in [3.05, 3.63) is 69.7 Å². The number of hydrogen-bond donors (Lipinski definition) is 3. The number of aromatic amines is 1. The number of amides is 1. The molecular formula is C25H22F4N6O5. The van der Waals surface area contributed by atoms with Crippen LogP contribution in [0.3, 0.4) is 0 Å². The number of aromatic nitrogens is 3. The van der Waals surface area contributed by atoms with E-state index in [2.05, 4.69) is 15.0 Å². The van der Waals surface area contributed by atoms with Gasteiger partial charge in [-0.1, -0.05) is 0 Å². The number of H-pyrrole nitrogens is 1. The number of ether oxygens (including phenoxy) is 2. The van der Waals surface area contributed by atoms with Gasteiger partial charge in [-0.25, -0.2) is 25.0 Å². The molecule has 1 amide bonds. The quantitative estimate of drug-likeness (QED) is 0.139. The minimum atomic E-state index is -4.91. The molecule has 40 heavy (non-hydrogen) atoms. The van der Waals surface area contributed by atoms with Crippen LogP contribution in [-0.4, -0.2) is 52.3 Å². The van der Waals surface area contributed by atoms with Crippen LogP contribution in [-0.2, 0) is 5.54 Å². The fourth-order valence-corrected chi connectivity index (χ4v) is 4.38. The minimum Gasteiger partial charge on any atom is -0.489 e. The molecule has 0 bridgehead atoms. The molecule has 4 heterocycles. The first kappa shape index (κ1) is 27.1. The maximum Gasteiger partial charge on any atom is 0.417 e. The summed E-state index contributed by atoms with van der Waals surface area (Å²) in [6.07, 6.45) is -4.91. The highest BCUT2D eigenvalue weighted by molar-refractivity contribution is 5.95. The van der Waals surface area contributed by atoms with Crippen molar-refractivity contribution in [2.45, 2.75) is 24.6 Å². The Kier molecular flexibility index (Phi) is 6.50. The van der Waals surface area contributed by atoms with Gasteiger partial charge in [0.2, 0.25) is 5.88 Å². The molecule has 210 valence electrons. The number of rotatable bonds is 6. The molecule has 5 N–H and O–H groups in total. The van der Waals surface area contributed by atoms with Crippen LogP contribution < -0.4 is 26.8 Å². The molecule has 0 radical (unpaired) electrons. The zero-order valence-corrected chi connectivity index (χ0v) is 21.0. The van der Waals surface area contributed by atoms with Gasteiger partial charge in [-0.2, -0.15) is 13.2 Å². The number of carbonyl (C=O) groups excluding carboxylic acids is 1. The summed E-state index contributed by atoms with van der Waals surface area (Å²) in [5.74, 6) is 0.959. The topological polar surface area (TPSA) is 163 Å². The van der Waals surface area contributed by atoms with E-state index < -0.39 is 53.0 Å². The van der Waals surface area contributed by atoms with Crippen molar-refractivity contribution in [3.63, 3.8) is 0 Å². The molecule has 1 aromatic carbocycles. The smallest absolute Gasteiger partial charge is 0.417 e. The van der Waals surface area contributed by atoms with E-state index in [1.54, 1.807) is 6.92 Å². The molecule has 11 nitrogen and oxygen atoms in total. The van der Waals surface area contributed by atoms with Gasteiger partial charge in [0, 0.05) is 17.2 Å². The Morgan fingerprint density at radius 2 is 1.95 bits per heavy atom. The van der Waals surface area contributed by atoms with E-state index in [9.17, 15) is 27.2 Å². The van der Waals surface area contributed by atoms with Gasteiger partial charge in [0.15, 0.2) is 16.8 Å². The van der Waals surface area contributed by atoms with Gasteiger partial charge >= 0.3 is 11.9 Å². The molecule has 1 aliphatic heterocycles. The van der Waals surface area contributed by atoms with E-state index in [-0.39, 0.29) is 40.6 Å². The number of oxazole rings is 1. The fraction of sp³-hybridized carbons (Fsp3) is 0.280. The number of benzene rings is 1. The van der Waals surface area contributed by atoms with Crippen molar-refractivity contribution in [1.82, 2.24) is 20.0 Å². The Morgan fingerprint density at radius 3 is 2.60 bits per heavy atom. The van der Waals surface area contributed by atoms with E-state index in [0.717, 1.165) is 18.2 Å². The summed E-state index contributed by atoms with van der Waals surface area (Å²) in [4.78, 5) is 35.1. The first-order valence-electron chi connectivity index (χ1n) is 11.7. The fourth-order valence-electron chi connectivity index (χ4n) is 4.38. The summed E-state index contributed by atoms with van der Waals surface area (Å²) >= 11 is 0. The van der Waals surface area contributed by atoms with Gasteiger partial charge in [0.25, 0.3) is 5.91 Å². The highest BCUT2D eigenvalue weighted by atomic mass is 19.4. The van der Waals surface area contributed by atoms with Gasteiger partial charge < -0.3 is 19.6 Å². The molecule has 0 saturated carbocycles. The molecule has 4 aromatic rings. The average molecular weight is 562 g/mol. The Hall–Kier alpha value is -4.50. The van der Waals surface area contributed by atoms with Gasteiger partial charge in [-0.15, -0.1) is 0 Å². The Bertz CT molecular complexity index is 1670. The molecule has 0 aliphatic carbocycles. The lowest BCUT2D eigenvalue weighted by molar-refractivity contribution is -0.154. The number of alkyl halides is 3. The zero-order chi connectivity index (χ0) is 29.0. The predicted molar refractivity (Wildman–Crippen MR) is 132 cm³/mol. The van der Waals surface area contributed by atoms with Crippen LogP contribution in [0.4, 0.5) is 17.6 Å². The maximum absolute atomic E-state index is 14.5. The molecule has 2 atom stereocenters. The van der Waals surface area contributed by atoms with E-state index in [1.165, 1.54) is 25.3 Å². The van der Waals surface area contributed by atoms with Gasteiger partial charge in [-0.3, -0.25) is 14.8 Å². The Morgan fingerprint density at radius 1 is 1.25 bits per heavy atom. The summed E-state index contributed by atoms with van der Waals surface area (Å²) in [7, 11) is 1.22. The third-order valence-electron chi connectivity index (χ3n) is 6.43. The van der Waals surface area contributed by atoms with Crippen LogP contribution in [0.1, 0.15) is 34.6 Å². The third-order valence-corrected chi connectivity index (χ3v) is 6.43. The SMILES string of the molecule is COc1nc(C(=O)N(N)CC(c2cc3c(c(-c4ccc(F)cc4)n2)OCC3(C)N)C(F)(F)F)cc2oc(=O)[nH]c12. The van der Waals surface area contributed by atoms with Crippen molar-refractivity contribution in [3.8, 4) is 22.9 Å². The second-order valence-corrected chi connectivity index (χ2v) is 9.44.